The van der Waals surface area contributed by atoms with Crippen molar-refractivity contribution >= 4 is 0 Å². The molecule has 8 saturated carbocycles. The zero-order valence-corrected chi connectivity index (χ0v) is 20.5. The van der Waals surface area contributed by atoms with Crippen molar-refractivity contribution in [1.82, 2.24) is 0 Å². The van der Waals surface area contributed by atoms with Crippen LogP contribution in [-0.4, -0.2) is 0 Å². The highest BCUT2D eigenvalue weighted by atomic mass is 14.6. The zero-order chi connectivity index (χ0) is 21.8. The third-order valence-electron chi connectivity index (χ3n) is 11.7. The van der Waals surface area contributed by atoms with E-state index in [0.717, 1.165) is 35.5 Å². The van der Waals surface area contributed by atoms with E-state index in [9.17, 15) is 0 Å². The summed E-state index contributed by atoms with van der Waals surface area (Å²) in [5.41, 5.74) is 8.75. The van der Waals surface area contributed by atoms with Crippen molar-refractivity contribution < 1.29 is 0 Å². The van der Waals surface area contributed by atoms with Crippen LogP contribution in [0.1, 0.15) is 93.7 Å². The fourth-order valence-electron chi connectivity index (χ4n) is 11.2. The first-order chi connectivity index (χ1) is 16.1. The molecular weight excluding hydrogens is 396 g/mol. The van der Waals surface area contributed by atoms with E-state index in [-0.39, 0.29) is 0 Å². The topological polar surface area (TPSA) is 0 Å². The molecule has 0 spiro atoms. The van der Waals surface area contributed by atoms with Gasteiger partial charge in [0.25, 0.3) is 0 Å². The molecule has 8 fully saturated rings. The Labute approximate surface area is 200 Å². The van der Waals surface area contributed by atoms with Gasteiger partial charge in [0.15, 0.2) is 0 Å². The molecule has 33 heavy (non-hydrogen) atoms. The average Bonchev–Trinajstić information content (AvgIpc) is 2.77. The van der Waals surface area contributed by atoms with Crippen molar-refractivity contribution in [2.75, 3.05) is 0 Å². The van der Waals surface area contributed by atoms with Gasteiger partial charge in [-0.25, -0.2) is 0 Å². The molecule has 2 aromatic carbocycles. The van der Waals surface area contributed by atoms with Crippen LogP contribution in [0.3, 0.4) is 0 Å². The first kappa shape index (κ1) is 19.7. The lowest BCUT2D eigenvalue weighted by molar-refractivity contribution is -0.00533. The third-order valence-corrected chi connectivity index (χ3v) is 11.7. The number of hydrogen-bond acceptors (Lipinski definition) is 0. The third kappa shape index (κ3) is 2.94. The van der Waals surface area contributed by atoms with E-state index < -0.39 is 0 Å². The molecule has 0 atom stereocenters. The molecule has 0 heteroatoms. The minimum atomic E-state index is 0.514. The van der Waals surface area contributed by atoms with Crippen molar-refractivity contribution in [3.8, 4) is 11.1 Å². The molecule has 172 valence electrons. The predicted molar refractivity (Wildman–Crippen MR) is 136 cm³/mol. The molecule has 0 radical (unpaired) electrons. The maximum atomic E-state index is 2.59. The Kier molecular flexibility index (Phi) is 4.04. The Balaban J connectivity index is 1.09. The largest absolute Gasteiger partial charge is 0.0579 e. The van der Waals surface area contributed by atoms with E-state index >= 15 is 0 Å². The molecule has 0 amide bonds. The summed E-state index contributed by atoms with van der Waals surface area (Å²) in [6.45, 7) is 2.37. The summed E-state index contributed by atoms with van der Waals surface area (Å²) in [6.07, 6.45) is 18.0. The normalized spacial score (nSPS) is 44.5. The second-order valence-corrected chi connectivity index (χ2v) is 14.0. The second-order valence-electron chi connectivity index (χ2n) is 14.0. The monoisotopic (exact) mass is 436 g/mol. The molecule has 0 heterocycles. The van der Waals surface area contributed by atoms with Gasteiger partial charge in [-0.3, -0.25) is 0 Å². The van der Waals surface area contributed by atoms with Crippen LogP contribution in [-0.2, 0) is 10.8 Å². The van der Waals surface area contributed by atoms with E-state index in [1.807, 2.05) is 0 Å². The van der Waals surface area contributed by atoms with Gasteiger partial charge in [-0.2, -0.15) is 0 Å². The van der Waals surface area contributed by atoms with E-state index in [1.165, 1.54) is 93.7 Å². The molecule has 0 aliphatic heterocycles. The number of hydrogen-bond donors (Lipinski definition) is 0. The summed E-state index contributed by atoms with van der Waals surface area (Å²) in [5.74, 6) is 6.14. The van der Waals surface area contributed by atoms with Crippen LogP contribution in [0.15, 0.2) is 42.5 Å². The zero-order valence-electron chi connectivity index (χ0n) is 20.5. The molecule has 2 aromatic rings. The van der Waals surface area contributed by atoms with Gasteiger partial charge in [0.2, 0.25) is 0 Å². The lowest BCUT2D eigenvalue weighted by atomic mass is 9.48. The van der Waals surface area contributed by atoms with Crippen molar-refractivity contribution in [1.29, 1.82) is 0 Å². The van der Waals surface area contributed by atoms with Crippen LogP contribution in [0.4, 0.5) is 0 Å². The molecule has 0 nitrogen and oxygen atoms in total. The first-order valence-corrected chi connectivity index (χ1v) is 14.3. The standard InChI is InChI=1S/C33H40/c1-21-8-30(33-18-25-12-26(19-33)14-27(13-25)20-33)6-7-31(21)28-2-4-29(5-3-28)32-15-22-9-23(16-32)11-24(10-22)17-32/h2-8,22-27H,9-20H2,1H3. The van der Waals surface area contributed by atoms with Gasteiger partial charge < -0.3 is 0 Å². The lowest BCUT2D eigenvalue weighted by Gasteiger charge is -2.57. The van der Waals surface area contributed by atoms with Gasteiger partial charge in [0.1, 0.15) is 0 Å². The van der Waals surface area contributed by atoms with Crippen LogP contribution in [0.2, 0.25) is 0 Å². The van der Waals surface area contributed by atoms with E-state index in [2.05, 4.69) is 49.4 Å². The number of rotatable bonds is 3. The minimum absolute atomic E-state index is 0.514. The number of benzene rings is 2. The molecule has 8 aliphatic rings. The Morgan fingerprint density at radius 3 is 1.33 bits per heavy atom. The van der Waals surface area contributed by atoms with Gasteiger partial charge in [-0.05, 0) is 158 Å². The van der Waals surface area contributed by atoms with E-state index in [0.29, 0.717) is 10.8 Å². The van der Waals surface area contributed by atoms with Crippen LogP contribution >= 0.6 is 0 Å². The Hall–Kier alpha value is -1.56. The summed E-state index contributed by atoms with van der Waals surface area (Å²) in [4.78, 5) is 0. The summed E-state index contributed by atoms with van der Waals surface area (Å²) in [6, 6.07) is 17.6. The maximum Gasteiger partial charge on any atom is -0.00390 e. The first-order valence-electron chi connectivity index (χ1n) is 14.3. The summed E-state index contributed by atoms with van der Waals surface area (Å²) < 4.78 is 0. The Morgan fingerprint density at radius 1 is 0.515 bits per heavy atom. The van der Waals surface area contributed by atoms with Gasteiger partial charge in [-0.1, -0.05) is 42.5 Å². The molecular formula is C33H40. The summed E-state index contributed by atoms with van der Waals surface area (Å²) in [5, 5.41) is 0. The van der Waals surface area contributed by atoms with Gasteiger partial charge in [-0.15, -0.1) is 0 Å². The molecule has 8 bridgehead atoms. The second kappa shape index (κ2) is 6.77. The van der Waals surface area contributed by atoms with Crippen LogP contribution in [0, 0.1) is 42.4 Å². The molecule has 8 aliphatic carbocycles. The molecule has 0 aromatic heterocycles. The quantitative estimate of drug-likeness (QED) is 0.452. The van der Waals surface area contributed by atoms with Crippen LogP contribution < -0.4 is 0 Å². The van der Waals surface area contributed by atoms with E-state index in [4.69, 9.17) is 0 Å². The van der Waals surface area contributed by atoms with Crippen molar-refractivity contribution in [3.05, 3.63) is 59.2 Å². The smallest absolute Gasteiger partial charge is 0.00390 e. The Morgan fingerprint density at radius 2 is 0.909 bits per heavy atom. The van der Waals surface area contributed by atoms with Gasteiger partial charge in [0, 0.05) is 0 Å². The van der Waals surface area contributed by atoms with Crippen LogP contribution in [0.25, 0.3) is 11.1 Å². The predicted octanol–water partition coefficient (Wildman–Crippen LogP) is 8.60. The van der Waals surface area contributed by atoms with E-state index in [1.54, 1.807) is 11.1 Å². The fraction of sp³-hybridized carbons (Fsp3) is 0.636. The SMILES string of the molecule is Cc1cc(C23CC4CC(CC(C4)C2)C3)ccc1-c1ccc(C23CC4CC(CC(C4)C2)C3)cc1. The van der Waals surface area contributed by atoms with Crippen molar-refractivity contribution in [2.24, 2.45) is 35.5 Å². The van der Waals surface area contributed by atoms with Gasteiger partial charge >= 0.3 is 0 Å². The highest BCUT2D eigenvalue weighted by molar-refractivity contribution is 5.68. The Bertz CT molecular complexity index is 1010. The highest BCUT2D eigenvalue weighted by Crippen LogP contribution is 2.62. The molecule has 0 unspecified atom stereocenters. The molecule has 0 saturated heterocycles. The van der Waals surface area contributed by atoms with Crippen molar-refractivity contribution in [3.63, 3.8) is 0 Å². The highest BCUT2D eigenvalue weighted by Gasteiger charge is 2.52. The average molecular weight is 437 g/mol. The molecule has 10 rings (SSSR count). The number of aryl methyl sites for hydroxylation is 1. The van der Waals surface area contributed by atoms with Gasteiger partial charge in [0.05, 0.1) is 0 Å². The lowest BCUT2D eigenvalue weighted by Crippen LogP contribution is -2.48. The summed E-state index contributed by atoms with van der Waals surface area (Å²) in [7, 11) is 0. The summed E-state index contributed by atoms with van der Waals surface area (Å²) >= 11 is 0. The molecule has 0 N–H and O–H groups in total. The minimum Gasteiger partial charge on any atom is -0.0579 e. The fourth-order valence-corrected chi connectivity index (χ4v) is 11.2. The maximum absolute atomic E-state index is 2.59. The van der Waals surface area contributed by atoms with Crippen molar-refractivity contribution in [2.45, 2.75) is 94.8 Å². The van der Waals surface area contributed by atoms with Crippen LogP contribution in [0.5, 0.6) is 0 Å².